The number of carbonyl (C=O) groups excluding carboxylic acids is 1. The fraction of sp³-hybridized carbons (Fsp3) is 0.231. The van der Waals surface area contributed by atoms with Gasteiger partial charge in [0.05, 0.1) is 13.0 Å². The van der Waals surface area contributed by atoms with Crippen molar-refractivity contribution in [2.24, 2.45) is 0 Å². The summed E-state index contributed by atoms with van der Waals surface area (Å²) in [6.45, 7) is 9.10. The second-order valence-electron chi connectivity index (χ2n) is 3.67. The molecule has 4 nitrogen and oxygen atoms in total. The lowest BCUT2D eigenvalue weighted by Gasteiger charge is -2.01. The van der Waals surface area contributed by atoms with E-state index < -0.39 is 0 Å². The maximum atomic E-state index is 11.3. The maximum absolute atomic E-state index is 11.3. The number of carbonyl (C=O) groups is 1. The highest BCUT2D eigenvalue weighted by Gasteiger charge is 2.07. The third-order valence-electron chi connectivity index (χ3n) is 2.45. The zero-order chi connectivity index (χ0) is 12.3. The summed E-state index contributed by atoms with van der Waals surface area (Å²) in [7, 11) is 0. The van der Waals surface area contributed by atoms with Gasteiger partial charge in [0.15, 0.2) is 0 Å². The van der Waals surface area contributed by atoms with Crippen molar-refractivity contribution in [3.63, 3.8) is 0 Å². The zero-order valence-corrected chi connectivity index (χ0v) is 9.49. The predicted molar refractivity (Wildman–Crippen MR) is 64.9 cm³/mol. The number of benzene rings is 1. The van der Waals surface area contributed by atoms with Gasteiger partial charge in [-0.3, -0.25) is 4.79 Å². The molecule has 0 fully saturated rings. The maximum Gasteiger partial charge on any atom is 0.310 e. The van der Waals surface area contributed by atoms with E-state index in [2.05, 4.69) is 9.83 Å². The van der Waals surface area contributed by atoms with E-state index in [0.717, 1.165) is 16.5 Å². The standard InChI is InChI=1S/C13H12N2O2/c1-3-17-13(16)7-9-4-5-11-10(6-9)8-12(14-2)15-11/h4-6,8,15H,3,7H2,1H3. The minimum absolute atomic E-state index is 0.229. The van der Waals surface area contributed by atoms with E-state index >= 15 is 0 Å². The summed E-state index contributed by atoms with van der Waals surface area (Å²) in [5.74, 6) is 0.279. The number of hydrogen-bond donors (Lipinski definition) is 1. The number of ether oxygens (including phenoxy) is 1. The molecular weight excluding hydrogens is 216 g/mol. The second-order valence-corrected chi connectivity index (χ2v) is 3.67. The van der Waals surface area contributed by atoms with E-state index in [1.807, 2.05) is 18.2 Å². The lowest BCUT2D eigenvalue weighted by atomic mass is 10.1. The van der Waals surface area contributed by atoms with Gasteiger partial charge >= 0.3 is 5.97 Å². The summed E-state index contributed by atoms with van der Waals surface area (Å²) in [5, 5.41) is 0.942. The van der Waals surface area contributed by atoms with Crippen molar-refractivity contribution in [2.75, 3.05) is 6.61 Å². The SMILES string of the molecule is [C-]#[N+]c1cc2cc(CC(=O)OCC)ccc2[nH]1. The molecule has 0 saturated carbocycles. The normalized spacial score (nSPS) is 10.1. The third-order valence-corrected chi connectivity index (χ3v) is 2.45. The van der Waals surface area contributed by atoms with Gasteiger partial charge < -0.3 is 14.6 Å². The highest BCUT2D eigenvalue weighted by molar-refractivity contribution is 5.85. The van der Waals surface area contributed by atoms with E-state index in [0.29, 0.717) is 12.4 Å². The van der Waals surface area contributed by atoms with Crippen LogP contribution in [0.3, 0.4) is 0 Å². The monoisotopic (exact) mass is 228 g/mol. The van der Waals surface area contributed by atoms with Crippen LogP contribution in [-0.2, 0) is 16.0 Å². The first-order valence-corrected chi connectivity index (χ1v) is 5.37. The van der Waals surface area contributed by atoms with Gasteiger partial charge in [0, 0.05) is 5.39 Å². The molecule has 2 aromatic rings. The van der Waals surface area contributed by atoms with Crippen LogP contribution in [0, 0.1) is 6.57 Å². The van der Waals surface area contributed by atoms with Crippen LogP contribution in [0.4, 0.5) is 5.82 Å². The molecule has 2 rings (SSSR count). The number of H-pyrrole nitrogens is 1. The van der Waals surface area contributed by atoms with Crippen LogP contribution in [-0.4, -0.2) is 17.6 Å². The molecule has 86 valence electrons. The molecular formula is C13H12N2O2. The molecule has 0 amide bonds. The summed E-state index contributed by atoms with van der Waals surface area (Å²) in [6.07, 6.45) is 0.266. The van der Waals surface area contributed by atoms with Crippen LogP contribution in [0.1, 0.15) is 12.5 Å². The minimum atomic E-state index is -0.229. The first-order valence-electron chi connectivity index (χ1n) is 5.37. The Morgan fingerprint density at radius 1 is 1.47 bits per heavy atom. The number of rotatable bonds is 3. The summed E-state index contributed by atoms with van der Waals surface area (Å²) in [6, 6.07) is 7.41. The fourth-order valence-electron chi connectivity index (χ4n) is 1.72. The molecule has 1 aromatic carbocycles. The average Bonchev–Trinajstić information content (AvgIpc) is 2.71. The number of aromatic nitrogens is 1. The number of nitrogens with one attached hydrogen (secondary N) is 1. The molecule has 0 spiro atoms. The predicted octanol–water partition coefficient (Wildman–Crippen LogP) is 2.82. The molecule has 0 bridgehead atoms. The van der Waals surface area contributed by atoms with Crippen LogP contribution in [0.5, 0.6) is 0 Å². The van der Waals surface area contributed by atoms with E-state index in [1.54, 1.807) is 13.0 Å². The quantitative estimate of drug-likeness (QED) is 0.648. The smallest absolute Gasteiger partial charge is 0.310 e. The Balaban J connectivity index is 2.25. The van der Waals surface area contributed by atoms with Gasteiger partial charge in [-0.25, -0.2) is 0 Å². The summed E-state index contributed by atoms with van der Waals surface area (Å²) in [4.78, 5) is 17.6. The van der Waals surface area contributed by atoms with Crippen molar-refractivity contribution in [3.8, 4) is 0 Å². The average molecular weight is 228 g/mol. The van der Waals surface area contributed by atoms with Crippen LogP contribution in [0.2, 0.25) is 0 Å². The lowest BCUT2D eigenvalue weighted by Crippen LogP contribution is -2.07. The molecule has 1 N–H and O–H groups in total. The molecule has 0 radical (unpaired) electrons. The summed E-state index contributed by atoms with van der Waals surface area (Å²) in [5.41, 5.74) is 1.80. The number of esters is 1. The van der Waals surface area contributed by atoms with Crippen molar-refractivity contribution in [1.82, 2.24) is 4.98 Å². The number of fused-ring (bicyclic) bond motifs is 1. The summed E-state index contributed by atoms with van der Waals surface area (Å²) >= 11 is 0. The Kier molecular flexibility index (Phi) is 3.10. The Morgan fingerprint density at radius 3 is 3.00 bits per heavy atom. The van der Waals surface area contributed by atoms with Crippen molar-refractivity contribution in [1.29, 1.82) is 0 Å². The highest BCUT2D eigenvalue weighted by atomic mass is 16.5. The van der Waals surface area contributed by atoms with E-state index in [1.165, 1.54) is 0 Å². The van der Waals surface area contributed by atoms with Crippen molar-refractivity contribution >= 4 is 22.7 Å². The van der Waals surface area contributed by atoms with Gasteiger partial charge in [-0.05, 0) is 30.7 Å². The Morgan fingerprint density at radius 2 is 2.29 bits per heavy atom. The lowest BCUT2D eigenvalue weighted by molar-refractivity contribution is -0.142. The largest absolute Gasteiger partial charge is 0.466 e. The molecule has 0 aliphatic heterocycles. The molecule has 1 aromatic heterocycles. The number of hydrogen-bond acceptors (Lipinski definition) is 2. The van der Waals surface area contributed by atoms with E-state index in [-0.39, 0.29) is 12.4 Å². The minimum Gasteiger partial charge on any atom is -0.466 e. The van der Waals surface area contributed by atoms with Gasteiger partial charge in [0.1, 0.15) is 5.52 Å². The Bertz CT molecular complexity index is 593. The zero-order valence-electron chi connectivity index (χ0n) is 9.49. The first kappa shape index (κ1) is 11.2. The highest BCUT2D eigenvalue weighted by Crippen LogP contribution is 2.22. The molecule has 17 heavy (non-hydrogen) atoms. The summed E-state index contributed by atoms with van der Waals surface area (Å²) < 4.78 is 4.89. The van der Waals surface area contributed by atoms with Crippen LogP contribution in [0.25, 0.3) is 15.7 Å². The molecule has 4 heteroatoms. The Hall–Kier alpha value is -2.28. The molecule has 0 aliphatic rings. The van der Waals surface area contributed by atoms with Crippen LogP contribution < -0.4 is 0 Å². The molecule has 1 heterocycles. The van der Waals surface area contributed by atoms with Crippen LogP contribution in [0.15, 0.2) is 24.3 Å². The molecule has 0 saturated heterocycles. The van der Waals surface area contributed by atoms with Gasteiger partial charge in [-0.1, -0.05) is 12.6 Å². The van der Waals surface area contributed by atoms with E-state index in [4.69, 9.17) is 11.3 Å². The molecule has 0 atom stereocenters. The number of nitrogens with zero attached hydrogens (tertiary/aromatic N) is 1. The van der Waals surface area contributed by atoms with Crippen LogP contribution >= 0.6 is 0 Å². The first-order chi connectivity index (χ1) is 8.22. The van der Waals surface area contributed by atoms with Gasteiger partial charge in [-0.15, -0.1) is 0 Å². The van der Waals surface area contributed by atoms with E-state index in [9.17, 15) is 4.79 Å². The molecule has 0 unspecified atom stereocenters. The van der Waals surface area contributed by atoms with Gasteiger partial charge in [0.2, 0.25) is 5.82 Å². The van der Waals surface area contributed by atoms with Crippen molar-refractivity contribution < 1.29 is 9.53 Å². The van der Waals surface area contributed by atoms with Gasteiger partial charge in [0.25, 0.3) is 0 Å². The fourth-order valence-corrected chi connectivity index (χ4v) is 1.72. The Labute approximate surface area is 99.0 Å². The van der Waals surface area contributed by atoms with Gasteiger partial charge in [-0.2, -0.15) is 0 Å². The van der Waals surface area contributed by atoms with Crippen molar-refractivity contribution in [3.05, 3.63) is 41.2 Å². The number of aromatic amines is 1. The third kappa shape index (κ3) is 2.45. The topological polar surface area (TPSA) is 46.5 Å². The second kappa shape index (κ2) is 4.71. The molecule has 0 aliphatic carbocycles. The van der Waals surface area contributed by atoms with Crippen molar-refractivity contribution in [2.45, 2.75) is 13.3 Å².